The van der Waals surface area contributed by atoms with Gasteiger partial charge in [-0.2, -0.15) is 13.2 Å². The average molecular weight is 539 g/mol. The van der Waals surface area contributed by atoms with E-state index < -0.39 is 18.1 Å². The standard InChI is InChI=1S/C27H28F6N4O/c28-26(29,30)20-4-3-5-21(18-20)37-16-14-36(15-17-37)13-2-1-6-24-25(34)23(11-12-35-24)19-7-9-22(10-8-19)38-27(31,32)33/h3-5,7-12,18H,1-2,6,13-17,34H2. The van der Waals surface area contributed by atoms with Crippen molar-refractivity contribution in [3.63, 3.8) is 0 Å². The average Bonchev–Trinajstić information content (AvgIpc) is 2.87. The van der Waals surface area contributed by atoms with Crippen LogP contribution in [0.3, 0.4) is 0 Å². The molecule has 1 saturated heterocycles. The number of pyridine rings is 1. The molecular formula is C27H28F6N4O. The van der Waals surface area contributed by atoms with Crippen LogP contribution in [0.4, 0.5) is 37.7 Å². The van der Waals surface area contributed by atoms with Crippen LogP contribution in [0.2, 0.25) is 0 Å². The van der Waals surface area contributed by atoms with E-state index in [1.807, 2.05) is 4.90 Å². The molecule has 0 spiro atoms. The minimum Gasteiger partial charge on any atom is -0.406 e. The summed E-state index contributed by atoms with van der Waals surface area (Å²) >= 11 is 0. The lowest BCUT2D eigenvalue weighted by atomic mass is 10.0. The molecule has 0 aliphatic carbocycles. The Morgan fingerprint density at radius 3 is 2.24 bits per heavy atom. The Bertz CT molecular complexity index is 1210. The highest BCUT2D eigenvalue weighted by molar-refractivity contribution is 5.77. The van der Waals surface area contributed by atoms with Gasteiger partial charge in [0.25, 0.3) is 0 Å². The number of aryl methyl sites for hydroxylation is 1. The first-order valence-electron chi connectivity index (χ1n) is 12.2. The molecule has 1 aliphatic rings. The second kappa shape index (κ2) is 11.5. The predicted molar refractivity (Wildman–Crippen MR) is 134 cm³/mol. The zero-order chi connectivity index (χ0) is 27.3. The van der Waals surface area contributed by atoms with Crippen LogP contribution in [-0.2, 0) is 12.6 Å². The SMILES string of the molecule is Nc1c(-c2ccc(OC(F)(F)F)cc2)ccnc1CCCCN1CCN(c2cccc(C(F)(F)F)c2)CC1. The van der Waals surface area contributed by atoms with Gasteiger partial charge in [0.2, 0.25) is 0 Å². The topological polar surface area (TPSA) is 54.6 Å². The van der Waals surface area contributed by atoms with Gasteiger partial charge in [-0.05, 0) is 67.8 Å². The van der Waals surface area contributed by atoms with Crippen LogP contribution in [-0.4, -0.2) is 49.0 Å². The highest BCUT2D eigenvalue weighted by Crippen LogP contribution is 2.33. The zero-order valence-corrected chi connectivity index (χ0v) is 20.5. The second-order valence-electron chi connectivity index (χ2n) is 9.12. The largest absolute Gasteiger partial charge is 0.573 e. The molecule has 0 atom stereocenters. The predicted octanol–water partition coefficient (Wildman–Crippen LogP) is 6.39. The molecule has 0 unspecified atom stereocenters. The van der Waals surface area contributed by atoms with Crippen molar-refractivity contribution in [2.45, 2.75) is 31.8 Å². The monoisotopic (exact) mass is 538 g/mol. The Hall–Kier alpha value is -3.47. The fraction of sp³-hybridized carbons (Fsp3) is 0.370. The number of nitrogen functional groups attached to an aromatic ring is 1. The number of nitrogens with zero attached hydrogens (tertiary/aromatic N) is 3. The first-order valence-corrected chi connectivity index (χ1v) is 12.2. The van der Waals surface area contributed by atoms with Crippen molar-refractivity contribution in [3.8, 4) is 16.9 Å². The zero-order valence-electron chi connectivity index (χ0n) is 20.5. The molecule has 0 radical (unpaired) electrons. The van der Waals surface area contributed by atoms with Crippen LogP contribution < -0.4 is 15.4 Å². The number of halogens is 6. The lowest BCUT2D eigenvalue weighted by molar-refractivity contribution is -0.274. The van der Waals surface area contributed by atoms with Gasteiger partial charge < -0.3 is 15.4 Å². The molecule has 38 heavy (non-hydrogen) atoms. The number of unbranched alkanes of at least 4 members (excludes halogenated alkanes) is 1. The number of benzene rings is 2. The van der Waals surface area contributed by atoms with Gasteiger partial charge in [-0.15, -0.1) is 13.2 Å². The van der Waals surface area contributed by atoms with Crippen molar-refractivity contribution >= 4 is 11.4 Å². The molecule has 1 fully saturated rings. The Morgan fingerprint density at radius 2 is 1.58 bits per heavy atom. The minimum absolute atomic E-state index is 0.301. The Labute approximate surface area is 216 Å². The first-order chi connectivity index (χ1) is 18.0. The highest BCUT2D eigenvalue weighted by Gasteiger charge is 2.32. The molecule has 204 valence electrons. The maximum absolute atomic E-state index is 13.0. The van der Waals surface area contributed by atoms with E-state index in [1.165, 1.54) is 36.4 Å². The normalized spacial score (nSPS) is 15.1. The molecule has 2 heterocycles. The third kappa shape index (κ3) is 7.31. The fourth-order valence-corrected chi connectivity index (χ4v) is 4.54. The third-order valence-corrected chi connectivity index (χ3v) is 6.52. The lowest BCUT2D eigenvalue weighted by Crippen LogP contribution is -2.46. The number of anilines is 2. The Morgan fingerprint density at radius 1 is 0.868 bits per heavy atom. The summed E-state index contributed by atoms with van der Waals surface area (Å²) in [4.78, 5) is 8.65. The van der Waals surface area contributed by atoms with Gasteiger partial charge in [-0.25, -0.2) is 0 Å². The van der Waals surface area contributed by atoms with E-state index in [0.717, 1.165) is 44.2 Å². The summed E-state index contributed by atoms with van der Waals surface area (Å²) in [7, 11) is 0. The summed E-state index contributed by atoms with van der Waals surface area (Å²) in [5.41, 5.74) is 8.86. The minimum atomic E-state index is -4.75. The van der Waals surface area contributed by atoms with Crippen LogP contribution in [0.1, 0.15) is 24.1 Å². The van der Waals surface area contributed by atoms with Crippen LogP contribution in [0, 0.1) is 0 Å². The van der Waals surface area contributed by atoms with Crippen LogP contribution in [0.15, 0.2) is 60.8 Å². The van der Waals surface area contributed by atoms with E-state index in [0.29, 0.717) is 42.0 Å². The van der Waals surface area contributed by atoms with E-state index in [2.05, 4.69) is 14.6 Å². The lowest BCUT2D eigenvalue weighted by Gasteiger charge is -2.36. The van der Waals surface area contributed by atoms with Crippen molar-refractivity contribution in [1.29, 1.82) is 0 Å². The first kappa shape index (κ1) is 27.6. The van der Waals surface area contributed by atoms with Gasteiger partial charge in [0, 0.05) is 43.6 Å². The molecular weight excluding hydrogens is 510 g/mol. The Balaban J connectivity index is 1.25. The molecule has 0 bridgehead atoms. The number of hydrogen-bond donors (Lipinski definition) is 1. The Kier molecular flexibility index (Phi) is 8.35. The summed E-state index contributed by atoms with van der Waals surface area (Å²) < 4.78 is 80.1. The van der Waals surface area contributed by atoms with Gasteiger partial charge in [-0.1, -0.05) is 18.2 Å². The quantitative estimate of drug-likeness (QED) is 0.266. The fourth-order valence-electron chi connectivity index (χ4n) is 4.54. The van der Waals surface area contributed by atoms with Crippen LogP contribution >= 0.6 is 0 Å². The molecule has 1 aliphatic heterocycles. The molecule has 2 aromatic carbocycles. The number of aromatic nitrogens is 1. The molecule has 11 heteroatoms. The maximum atomic E-state index is 13.0. The maximum Gasteiger partial charge on any atom is 0.573 e. The molecule has 3 aromatic rings. The molecule has 4 rings (SSSR count). The number of rotatable bonds is 8. The molecule has 0 amide bonds. The summed E-state index contributed by atoms with van der Waals surface area (Å²) in [5, 5.41) is 0. The van der Waals surface area contributed by atoms with Gasteiger partial charge in [-0.3, -0.25) is 9.88 Å². The van der Waals surface area contributed by atoms with Crippen molar-refractivity contribution in [3.05, 3.63) is 72.1 Å². The van der Waals surface area contributed by atoms with Crippen molar-refractivity contribution < 1.29 is 31.1 Å². The van der Waals surface area contributed by atoms with Gasteiger partial charge in [0.1, 0.15) is 5.75 Å². The van der Waals surface area contributed by atoms with E-state index in [1.54, 1.807) is 18.3 Å². The molecule has 2 N–H and O–H groups in total. The van der Waals surface area contributed by atoms with Crippen LogP contribution in [0.5, 0.6) is 5.75 Å². The summed E-state index contributed by atoms with van der Waals surface area (Å²) in [6.45, 7) is 3.70. The molecule has 0 saturated carbocycles. The number of piperazine rings is 1. The van der Waals surface area contributed by atoms with E-state index in [4.69, 9.17) is 5.73 Å². The van der Waals surface area contributed by atoms with Gasteiger partial charge in [0.15, 0.2) is 0 Å². The van der Waals surface area contributed by atoms with Crippen molar-refractivity contribution in [2.24, 2.45) is 0 Å². The van der Waals surface area contributed by atoms with Crippen molar-refractivity contribution in [2.75, 3.05) is 43.4 Å². The second-order valence-corrected chi connectivity index (χ2v) is 9.12. The van der Waals surface area contributed by atoms with Gasteiger partial charge >= 0.3 is 12.5 Å². The van der Waals surface area contributed by atoms with E-state index in [9.17, 15) is 26.3 Å². The number of nitrogens with two attached hydrogens (primary N) is 1. The summed E-state index contributed by atoms with van der Waals surface area (Å²) in [6, 6.07) is 12.7. The molecule has 1 aromatic heterocycles. The van der Waals surface area contributed by atoms with Crippen LogP contribution in [0.25, 0.3) is 11.1 Å². The van der Waals surface area contributed by atoms with E-state index >= 15 is 0 Å². The highest BCUT2D eigenvalue weighted by atomic mass is 19.4. The van der Waals surface area contributed by atoms with Crippen molar-refractivity contribution in [1.82, 2.24) is 9.88 Å². The number of alkyl halides is 6. The number of hydrogen-bond acceptors (Lipinski definition) is 5. The summed E-state index contributed by atoms with van der Waals surface area (Å²) in [6.07, 6.45) is -5.08. The molecule has 5 nitrogen and oxygen atoms in total. The van der Waals surface area contributed by atoms with E-state index in [-0.39, 0.29) is 5.75 Å². The van der Waals surface area contributed by atoms with Gasteiger partial charge in [0.05, 0.1) is 16.9 Å². The number of ether oxygens (including phenoxy) is 1. The smallest absolute Gasteiger partial charge is 0.406 e. The third-order valence-electron chi connectivity index (χ3n) is 6.52. The summed E-state index contributed by atoms with van der Waals surface area (Å²) in [5.74, 6) is -0.301.